The predicted molar refractivity (Wildman–Crippen MR) is 101 cm³/mol. The second kappa shape index (κ2) is 7.83. The predicted octanol–water partition coefficient (Wildman–Crippen LogP) is 1.33. The van der Waals surface area contributed by atoms with Gasteiger partial charge in [0, 0.05) is 13.1 Å². The van der Waals surface area contributed by atoms with Crippen molar-refractivity contribution in [1.29, 1.82) is 0 Å². The van der Waals surface area contributed by atoms with E-state index >= 15 is 0 Å². The minimum Gasteiger partial charge on any atom is -0.461 e. The topological polar surface area (TPSA) is 81.5 Å². The average molecular weight is 385 g/mol. The number of piperazine rings is 1. The molecule has 0 atom stereocenters. The van der Waals surface area contributed by atoms with Gasteiger partial charge in [-0.05, 0) is 18.2 Å². The monoisotopic (exact) mass is 385 g/mol. The molecule has 0 unspecified atom stereocenters. The molecule has 0 bridgehead atoms. The van der Waals surface area contributed by atoms with E-state index < -0.39 is 0 Å². The van der Waals surface area contributed by atoms with Crippen molar-refractivity contribution in [3.8, 4) is 11.6 Å². The molecule has 8 nitrogen and oxygen atoms in total. The Balaban J connectivity index is 1.31. The zero-order valence-electron chi connectivity index (χ0n) is 15.0. The molecule has 9 heteroatoms. The molecule has 3 aromatic heterocycles. The minimum absolute atomic E-state index is 0.124. The normalized spacial score (nSPS) is 14.6. The van der Waals surface area contributed by atoms with Crippen molar-refractivity contribution < 1.29 is 14.2 Å². The molecule has 4 heterocycles. The van der Waals surface area contributed by atoms with Gasteiger partial charge in [-0.1, -0.05) is 17.8 Å². The molecule has 1 N–H and O–H groups in total. The van der Waals surface area contributed by atoms with Gasteiger partial charge in [0.05, 0.1) is 31.3 Å². The van der Waals surface area contributed by atoms with E-state index in [1.807, 2.05) is 47.0 Å². The van der Waals surface area contributed by atoms with Gasteiger partial charge in [-0.2, -0.15) is 0 Å². The quantitative estimate of drug-likeness (QED) is 0.617. The number of carbonyl (C=O) groups excluding carboxylic acids is 1. The number of aromatic amines is 1. The average Bonchev–Trinajstić information content (AvgIpc) is 3.37. The smallest absolute Gasteiger partial charge is 0.274 e. The van der Waals surface area contributed by atoms with Crippen LogP contribution in [0.15, 0.2) is 52.4 Å². The lowest BCUT2D eigenvalue weighted by Crippen LogP contribution is -2.50. The van der Waals surface area contributed by atoms with Crippen LogP contribution in [0.25, 0.3) is 11.6 Å². The van der Waals surface area contributed by atoms with Crippen LogP contribution in [-0.2, 0) is 11.8 Å². The summed E-state index contributed by atoms with van der Waals surface area (Å²) in [5.74, 6) is 2.88. The number of rotatable bonds is 5. The SMILES string of the molecule is Cn1c(SCC(=O)N2CCN(c3cccc[nH+]3)CC2)nnc1-c1ccco1. The Kier molecular flexibility index (Phi) is 5.10. The molecule has 0 aromatic carbocycles. The summed E-state index contributed by atoms with van der Waals surface area (Å²) in [5.41, 5.74) is 0. The zero-order valence-corrected chi connectivity index (χ0v) is 15.9. The molecule has 0 spiro atoms. The van der Waals surface area contributed by atoms with Crippen molar-refractivity contribution in [2.24, 2.45) is 7.05 Å². The molecule has 0 aliphatic carbocycles. The van der Waals surface area contributed by atoms with E-state index in [0.717, 1.165) is 32.0 Å². The van der Waals surface area contributed by atoms with Crippen molar-refractivity contribution in [2.75, 3.05) is 36.8 Å². The standard InChI is InChI=1S/C18H20N6O2S/c1-22-17(14-5-4-12-26-14)20-21-18(22)27-13-16(25)24-10-8-23(9-11-24)15-6-2-3-7-19-15/h2-7,12H,8-11,13H2,1H3/p+1. The number of anilines is 1. The van der Waals surface area contributed by atoms with Crippen LogP contribution in [0.1, 0.15) is 0 Å². The van der Waals surface area contributed by atoms with Crippen LogP contribution in [-0.4, -0.2) is 57.5 Å². The van der Waals surface area contributed by atoms with Crippen LogP contribution in [0.5, 0.6) is 0 Å². The number of thioether (sulfide) groups is 1. The molecule has 4 rings (SSSR count). The second-order valence-electron chi connectivity index (χ2n) is 6.25. The van der Waals surface area contributed by atoms with Crippen LogP contribution in [0.2, 0.25) is 0 Å². The number of hydrogen-bond acceptors (Lipinski definition) is 6. The molecule has 1 aliphatic rings. The molecule has 0 saturated carbocycles. The highest BCUT2D eigenvalue weighted by atomic mass is 32.2. The number of aromatic nitrogens is 4. The highest BCUT2D eigenvalue weighted by Crippen LogP contribution is 2.23. The zero-order chi connectivity index (χ0) is 18.6. The fourth-order valence-corrected chi connectivity index (χ4v) is 3.87. The Bertz CT molecular complexity index is 888. The molecule has 1 fully saturated rings. The summed E-state index contributed by atoms with van der Waals surface area (Å²) >= 11 is 1.40. The maximum absolute atomic E-state index is 12.6. The van der Waals surface area contributed by atoms with Gasteiger partial charge >= 0.3 is 0 Å². The molecular weight excluding hydrogens is 364 g/mol. The third-order valence-corrected chi connectivity index (χ3v) is 5.57. The first-order valence-corrected chi connectivity index (χ1v) is 9.76. The summed E-state index contributed by atoms with van der Waals surface area (Å²) in [5, 5.41) is 9.03. The maximum Gasteiger partial charge on any atom is 0.274 e. The Morgan fingerprint density at radius 1 is 1.19 bits per heavy atom. The number of nitrogens with zero attached hydrogens (tertiary/aromatic N) is 5. The Labute approximate surface area is 161 Å². The van der Waals surface area contributed by atoms with Gasteiger partial charge in [-0.15, -0.1) is 10.2 Å². The molecule has 27 heavy (non-hydrogen) atoms. The number of furan rings is 1. The van der Waals surface area contributed by atoms with Crippen LogP contribution in [0.4, 0.5) is 5.82 Å². The Morgan fingerprint density at radius 3 is 2.74 bits per heavy atom. The lowest BCUT2D eigenvalue weighted by molar-refractivity contribution is -0.364. The summed E-state index contributed by atoms with van der Waals surface area (Å²) in [6.07, 6.45) is 3.52. The first kappa shape index (κ1) is 17.6. The van der Waals surface area contributed by atoms with Crippen LogP contribution in [0.3, 0.4) is 0 Å². The van der Waals surface area contributed by atoms with Gasteiger partial charge in [0.1, 0.15) is 13.1 Å². The summed E-state index contributed by atoms with van der Waals surface area (Å²) in [7, 11) is 1.87. The molecule has 0 radical (unpaired) electrons. The van der Waals surface area contributed by atoms with Gasteiger partial charge in [0.15, 0.2) is 16.7 Å². The summed E-state index contributed by atoms with van der Waals surface area (Å²) in [4.78, 5) is 20.0. The van der Waals surface area contributed by atoms with E-state index in [2.05, 4.69) is 26.1 Å². The van der Waals surface area contributed by atoms with Gasteiger partial charge in [-0.3, -0.25) is 9.69 Å². The van der Waals surface area contributed by atoms with E-state index in [9.17, 15) is 4.79 Å². The molecule has 1 amide bonds. The van der Waals surface area contributed by atoms with E-state index in [4.69, 9.17) is 4.42 Å². The highest BCUT2D eigenvalue weighted by molar-refractivity contribution is 7.99. The van der Waals surface area contributed by atoms with E-state index in [0.29, 0.717) is 22.5 Å². The Hall–Kier alpha value is -2.81. The lowest BCUT2D eigenvalue weighted by atomic mass is 10.3. The Morgan fingerprint density at radius 2 is 2.04 bits per heavy atom. The van der Waals surface area contributed by atoms with E-state index in [1.54, 1.807) is 6.26 Å². The van der Waals surface area contributed by atoms with Crippen molar-refractivity contribution in [3.05, 3.63) is 42.8 Å². The van der Waals surface area contributed by atoms with Gasteiger partial charge in [0.2, 0.25) is 5.91 Å². The fraction of sp³-hybridized carbons (Fsp3) is 0.333. The number of carbonyl (C=O) groups is 1. The number of H-pyrrole nitrogens is 1. The second-order valence-corrected chi connectivity index (χ2v) is 7.19. The van der Waals surface area contributed by atoms with Crippen LogP contribution < -0.4 is 9.88 Å². The first-order chi connectivity index (χ1) is 13.2. The van der Waals surface area contributed by atoms with Gasteiger partial charge in [-0.25, -0.2) is 4.98 Å². The number of nitrogens with one attached hydrogen (secondary N) is 1. The number of amides is 1. The van der Waals surface area contributed by atoms with E-state index in [-0.39, 0.29) is 5.91 Å². The van der Waals surface area contributed by atoms with Crippen molar-refractivity contribution in [1.82, 2.24) is 19.7 Å². The summed E-state index contributed by atoms with van der Waals surface area (Å²) in [6, 6.07) is 9.68. The van der Waals surface area contributed by atoms with Crippen molar-refractivity contribution in [3.63, 3.8) is 0 Å². The van der Waals surface area contributed by atoms with Gasteiger partial charge in [0.25, 0.3) is 5.82 Å². The third kappa shape index (κ3) is 3.82. The lowest BCUT2D eigenvalue weighted by Gasteiger charge is -2.30. The summed E-state index contributed by atoms with van der Waals surface area (Å²) in [6.45, 7) is 3.09. The van der Waals surface area contributed by atoms with Crippen molar-refractivity contribution in [2.45, 2.75) is 5.16 Å². The first-order valence-electron chi connectivity index (χ1n) is 8.78. The van der Waals surface area contributed by atoms with Crippen LogP contribution >= 0.6 is 11.8 Å². The molecule has 1 saturated heterocycles. The van der Waals surface area contributed by atoms with Crippen LogP contribution in [0, 0.1) is 0 Å². The maximum atomic E-state index is 12.6. The van der Waals surface area contributed by atoms with Gasteiger partial charge < -0.3 is 13.9 Å². The minimum atomic E-state index is 0.124. The largest absolute Gasteiger partial charge is 0.461 e. The third-order valence-electron chi connectivity index (χ3n) is 4.57. The highest BCUT2D eigenvalue weighted by Gasteiger charge is 2.26. The molecule has 140 valence electrons. The number of hydrogen-bond donors (Lipinski definition) is 0. The number of pyridine rings is 1. The van der Waals surface area contributed by atoms with Crippen molar-refractivity contribution >= 4 is 23.5 Å². The molecule has 3 aromatic rings. The fourth-order valence-electron chi connectivity index (χ4n) is 3.06. The summed E-state index contributed by atoms with van der Waals surface area (Å²) < 4.78 is 7.21. The van der Waals surface area contributed by atoms with E-state index in [1.165, 1.54) is 11.8 Å². The molecular formula is C18H21N6O2S+. The molecule has 1 aliphatic heterocycles.